The molecule has 3 heterocycles. The molecule has 3 aliphatic rings. The standard InChI is InChI=1S/C24H25Cl2N5O/c25-17-14-20(26)21(27-15-17)32-19-8-12-30(13-9-19)23-29-28-22(31(23)18-6-7-18)24(10-11-24)16-4-2-1-3-5-16/h1-5,14-15,18-19H,6-13H2. The molecule has 0 unspecified atom stereocenters. The van der Waals surface area contributed by atoms with E-state index in [4.69, 9.17) is 38.1 Å². The van der Waals surface area contributed by atoms with E-state index in [9.17, 15) is 0 Å². The maximum atomic E-state index is 6.23. The zero-order valence-corrected chi connectivity index (χ0v) is 19.3. The second-order valence-corrected chi connectivity index (χ2v) is 9.96. The zero-order chi connectivity index (χ0) is 21.7. The van der Waals surface area contributed by atoms with E-state index < -0.39 is 0 Å². The normalized spacial score (nSPS) is 20.4. The summed E-state index contributed by atoms with van der Waals surface area (Å²) in [6.07, 6.45) is 8.13. The van der Waals surface area contributed by atoms with Crippen LogP contribution in [0.1, 0.15) is 56.0 Å². The molecule has 0 amide bonds. The number of pyridine rings is 1. The molecule has 6 rings (SSSR count). The van der Waals surface area contributed by atoms with Gasteiger partial charge in [0.05, 0.1) is 10.4 Å². The van der Waals surface area contributed by atoms with Crippen LogP contribution in [0.4, 0.5) is 5.95 Å². The van der Waals surface area contributed by atoms with Crippen molar-refractivity contribution in [3.05, 3.63) is 64.0 Å². The number of benzene rings is 1. The number of aromatic nitrogens is 4. The number of piperidine rings is 1. The van der Waals surface area contributed by atoms with Crippen LogP contribution < -0.4 is 9.64 Å². The van der Waals surface area contributed by atoms with Gasteiger partial charge in [-0.2, -0.15) is 0 Å². The molecular weight excluding hydrogens is 445 g/mol. The lowest BCUT2D eigenvalue weighted by atomic mass is 9.95. The fourth-order valence-corrected chi connectivity index (χ4v) is 5.26. The molecule has 1 saturated heterocycles. The Hall–Kier alpha value is -2.31. The van der Waals surface area contributed by atoms with Crippen molar-refractivity contribution >= 4 is 29.2 Å². The summed E-state index contributed by atoms with van der Waals surface area (Å²) in [5.41, 5.74) is 1.40. The second-order valence-electron chi connectivity index (χ2n) is 9.12. The first-order valence-corrected chi connectivity index (χ1v) is 12.1. The average Bonchev–Trinajstić information content (AvgIpc) is 3.75. The van der Waals surface area contributed by atoms with E-state index in [1.54, 1.807) is 12.3 Å². The first kappa shape index (κ1) is 20.3. The maximum absolute atomic E-state index is 6.23. The van der Waals surface area contributed by atoms with Crippen molar-refractivity contribution in [1.82, 2.24) is 19.7 Å². The van der Waals surface area contributed by atoms with E-state index in [0.717, 1.165) is 50.5 Å². The molecule has 3 fully saturated rings. The monoisotopic (exact) mass is 469 g/mol. The van der Waals surface area contributed by atoms with Crippen LogP contribution in [0.5, 0.6) is 5.88 Å². The molecule has 2 saturated carbocycles. The summed E-state index contributed by atoms with van der Waals surface area (Å²) >= 11 is 12.2. The van der Waals surface area contributed by atoms with Crippen molar-refractivity contribution in [1.29, 1.82) is 0 Å². The lowest BCUT2D eigenvalue weighted by Gasteiger charge is -2.33. The number of rotatable bonds is 6. The smallest absolute Gasteiger partial charge is 0.232 e. The van der Waals surface area contributed by atoms with Crippen molar-refractivity contribution in [2.75, 3.05) is 18.0 Å². The Morgan fingerprint density at radius 3 is 2.38 bits per heavy atom. The molecule has 1 aliphatic heterocycles. The minimum Gasteiger partial charge on any atom is -0.473 e. The van der Waals surface area contributed by atoms with Gasteiger partial charge in [-0.25, -0.2) is 4.98 Å². The Morgan fingerprint density at radius 2 is 1.72 bits per heavy atom. The van der Waals surface area contributed by atoms with E-state index >= 15 is 0 Å². The molecule has 0 N–H and O–H groups in total. The minimum absolute atomic E-state index is 0.0353. The highest BCUT2D eigenvalue weighted by Crippen LogP contribution is 2.55. The fraction of sp³-hybridized carbons (Fsp3) is 0.458. The van der Waals surface area contributed by atoms with Crippen LogP contribution in [0.25, 0.3) is 0 Å². The third-order valence-corrected chi connectivity index (χ3v) is 7.35. The van der Waals surface area contributed by atoms with Crippen molar-refractivity contribution in [3.63, 3.8) is 0 Å². The topological polar surface area (TPSA) is 56.1 Å². The average molecular weight is 470 g/mol. The van der Waals surface area contributed by atoms with Gasteiger partial charge in [0.25, 0.3) is 0 Å². The summed E-state index contributed by atoms with van der Waals surface area (Å²) < 4.78 is 8.51. The minimum atomic E-state index is 0.0353. The number of halogens is 2. The van der Waals surface area contributed by atoms with Crippen LogP contribution in [0.3, 0.4) is 0 Å². The Balaban J connectivity index is 1.20. The second kappa shape index (κ2) is 7.92. The van der Waals surface area contributed by atoms with Gasteiger partial charge in [0.1, 0.15) is 17.0 Å². The number of ether oxygens (including phenoxy) is 1. The van der Waals surface area contributed by atoms with Crippen LogP contribution in [0.2, 0.25) is 10.0 Å². The Kier molecular flexibility index (Phi) is 5.03. The number of anilines is 1. The first-order chi connectivity index (χ1) is 15.6. The third kappa shape index (κ3) is 3.63. The summed E-state index contributed by atoms with van der Waals surface area (Å²) in [7, 11) is 0. The van der Waals surface area contributed by atoms with Crippen LogP contribution in [0.15, 0.2) is 42.6 Å². The first-order valence-electron chi connectivity index (χ1n) is 11.4. The lowest BCUT2D eigenvalue weighted by molar-refractivity contribution is 0.163. The van der Waals surface area contributed by atoms with E-state index in [0.29, 0.717) is 22.0 Å². The maximum Gasteiger partial charge on any atom is 0.232 e. The van der Waals surface area contributed by atoms with Crippen LogP contribution >= 0.6 is 23.2 Å². The number of nitrogens with zero attached hydrogens (tertiary/aromatic N) is 5. The van der Waals surface area contributed by atoms with Gasteiger partial charge in [-0.15, -0.1) is 10.2 Å². The molecule has 0 atom stereocenters. The van der Waals surface area contributed by atoms with Gasteiger partial charge in [0.15, 0.2) is 0 Å². The van der Waals surface area contributed by atoms with E-state index in [2.05, 4.69) is 44.8 Å². The van der Waals surface area contributed by atoms with Crippen molar-refractivity contribution in [3.8, 4) is 5.88 Å². The molecule has 3 aromatic rings. The van der Waals surface area contributed by atoms with Gasteiger partial charge < -0.3 is 9.64 Å². The van der Waals surface area contributed by atoms with E-state index in [-0.39, 0.29) is 11.5 Å². The predicted molar refractivity (Wildman–Crippen MR) is 125 cm³/mol. The summed E-state index contributed by atoms with van der Waals surface area (Å²) in [6, 6.07) is 13.0. The van der Waals surface area contributed by atoms with Crippen molar-refractivity contribution in [2.45, 2.75) is 56.1 Å². The quantitative estimate of drug-likeness (QED) is 0.480. The summed E-state index contributed by atoms with van der Waals surface area (Å²) in [4.78, 5) is 6.60. The highest BCUT2D eigenvalue weighted by molar-refractivity contribution is 6.35. The fourth-order valence-electron chi connectivity index (χ4n) is 4.84. The van der Waals surface area contributed by atoms with Gasteiger partial charge in [-0.3, -0.25) is 4.57 Å². The van der Waals surface area contributed by atoms with Crippen LogP contribution in [-0.4, -0.2) is 38.9 Å². The van der Waals surface area contributed by atoms with Crippen LogP contribution in [-0.2, 0) is 5.41 Å². The van der Waals surface area contributed by atoms with Crippen molar-refractivity contribution < 1.29 is 4.74 Å². The van der Waals surface area contributed by atoms with Crippen molar-refractivity contribution in [2.24, 2.45) is 0 Å². The summed E-state index contributed by atoms with van der Waals surface area (Å²) in [5.74, 6) is 2.62. The molecule has 8 heteroatoms. The van der Waals surface area contributed by atoms with Gasteiger partial charge >= 0.3 is 0 Å². The molecule has 0 radical (unpaired) electrons. The SMILES string of the molecule is Clc1cnc(OC2CCN(c3nnc(C4(c5ccccc5)CC4)n3C3CC3)CC2)c(Cl)c1. The number of hydrogen-bond donors (Lipinski definition) is 0. The lowest BCUT2D eigenvalue weighted by Crippen LogP contribution is -2.40. The molecule has 1 aromatic carbocycles. The molecule has 2 aromatic heterocycles. The predicted octanol–water partition coefficient (Wildman–Crippen LogP) is 5.44. The summed E-state index contributed by atoms with van der Waals surface area (Å²) in [6.45, 7) is 1.75. The van der Waals surface area contributed by atoms with Gasteiger partial charge in [-0.1, -0.05) is 53.5 Å². The molecule has 32 heavy (non-hydrogen) atoms. The van der Waals surface area contributed by atoms with Gasteiger partial charge in [0.2, 0.25) is 11.8 Å². The highest BCUT2D eigenvalue weighted by atomic mass is 35.5. The number of hydrogen-bond acceptors (Lipinski definition) is 5. The van der Waals surface area contributed by atoms with Gasteiger partial charge in [-0.05, 0) is 37.3 Å². The highest BCUT2D eigenvalue weighted by Gasteiger charge is 2.52. The third-order valence-electron chi connectivity index (χ3n) is 6.87. The molecule has 0 spiro atoms. The Morgan fingerprint density at radius 1 is 0.969 bits per heavy atom. The van der Waals surface area contributed by atoms with Gasteiger partial charge in [0, 0.05) is 38.2 Å². The largest absolute Gasteiger partial charge is 0.473 e. The molecule has 166 valence electrons. The van der Waals surface area contributed by atoms with E-state index in [1.165, 1.54) is 18.4 Å². The molecule has 6 nitrogen and oxygen atoms in total. The zero-order valence-electron chi connectivity index (χ0n) is 17.8. The van der Waals surface area contributed by atoms with Crippen LogP contribution in [0, 0.1) is 0 Å². The Bertz CT molecular complexity index is 1120. The summed E-state index contributed by atoms with van der Waals surface area (Å²) in [5, 5.41) is 10.4. The molecule has 0 bridgehead atoms. The molecular formula is C24H25Cl2N5O. The van der Waals surface area contributed by atoms with E-state index in [1.807, 2.05) is 0 Å². The molecule has 2 aliphatic carbocycles. The Labute approximate surface area is 197 Å².